The van der Waals surface area contributed by atoms with Crippen molar-refractivity contribution < 1.29 is 4.74 Å². The Bertz CT molecular complexity index is 462. The lowest BCUT2D eigenvalue weighted by atomic mass is 10.2. The molecule has 0 aliphatic carbocycles. The van der Waals surface area contributed by atoms with E-state index in [2.05, 4.69) is 12.0 Å². The van der Waals surface area contributed by atoms with Crippen molar-refractivity contribution in [3.63, 3.8) is 0 Å². The fourth-order valence-corrected chi connectivity index (χ4v) is 1.55. The van der Waals surface area contributed by atoms with Crippen LogP contribution < -0.4 is 10.5 Å². The second-order valence-corrected chi connectivity index (χ2v) is 4.02. The number of hydrogen-bond donors (Lipinski definition) is 1. The Morgan fingerprint density at radius 2 is 2.00 bits per heavy atom. The van der Waals surface area contributed by atoms with E-state index < -0.39 is 0 Å². The van der Waals surface area contributed by atoms with Gasteiger partial charge in [-0.25, -0.2) is 0 Å². The normalized spacial score (nSPS) is 10.4. The number of nitrogen functional groups attached to an aromatic ring is 1. The minimum absolute atomic E-state index is 0.560. The van der Waals surface area contributed by atoms with Crippen LogP contribution in [-0.4, -0.2) is 16.4 Å². The molecule has 0 amide bonds. The number of anilines is 1. The lowest BCUT2D eigenvalue weighted by molar-refractivity contribution is 0.298. The molecule has 1 aromatic heterocycles. The molecule has 0 saturated carbocycles. The van der Waals surface area contributed by atoms with Gasteiger partial charge in [0, 0.05) is 19.2 Å². The number of hydrogen-bond acceptors (Lipinski definition) is 3. The molecular formula is C13H17N3O. The number of nitrogens with zero attached hydrogens (tertiary/aromatic N) is 2. The van der Waals surface area contributed by atoms with Crippen LogP contribution in [0, 0.1) is 6.92 Å². The zero-order chi connectivity index (χ0) is 12.1. The Hall–Kier alpha value is -1.97. The van der Waals surface area contributed by atoms with Gasteiger partial charge in [-0.2, -0.15) is 5.10 Å². The minimum Gasteiger partial charge on any atom is -0.494 e. The molecule has 90 valence electrons. The number of nitrogens with two attached hydrogens (primary N) is 1. The molecule has 1 aromatic carbocycles. The third-order valence-corrected chi connectivity index (χ3v) is 2.48. The first-order chi connectivity index (χ1) is 8.24. The van der Waals surface area contributed by atoms with Gasteiger partial charge in [-0.05, 0) is 25.1 Å². The van der Waals surface area contributed by atoms with E-state index in [1.807, 2.05) is 35.1 Å². The van der Waals surface area contributed by atoms with E-state index >= 15 is 0 Å². The van der Waals surface area contributed by atoms with Gasteiger partial charge in [-0.1, -0.05) is 17.7 Å². The van der Waals surface area contributed by atoms with Gasteiger partial charge in [0.15, 0.2) is 0 Å². The third kappa shape index (κ3) is 3.52. The van der Waals surface area contributed by atoms with Gasteiger partial charge in [0.25, 0.3) is 0 Å². The summed E-state index contributed by atoms with van der Waals surface area (Å²) < 4.78 is 7.44. The van der Waals surface area contributed by atoms with Crippen LogP contribution in [0.1, 0.15) is 12.0 Å². The number of benzene rings is 1. The highest BCUT2D eigenvalue weighted by Gasteiger charge is 1.96. The molecule has 0 spiro atoms. The molecule has 0 aliphatic heterocycles. The van der Waals surface area contributed by atoms with Crippen molar-refractivity contribution in [3.05, 3.63) is 42.1 Å². The van der Waals surface area contributed by atoms with Crippen LogP contribution in [0.25, 0.3) is 0 Å². The van der Waals surface area contributed by atoms with Crippen LogP contribution in [0.2, 0.25) is 0 Å². The molecule has 0 aliphatic rings. The van der Waals surface area contributed by atoms with E-state index in [0.717, 1.165) is 18.7 Å². The maximum atomic E-state index is 5.62. The molecule has 4 heteroatoms. The van der Waals surface area contributed by atoms with Gasteiger partial charge < -0.3 is 10.5 Å². The number of ether oxygens (including phenoxy) is 1. The van der Waals surface area contributed by atoms with Gasteiger partial charge in [-0.3, -0.25) is 4.68 Å². The molecule has 17 heavy (non-hydrogen) atoms. The average Bonchev–Trinajstić information content (AvgIpc) is 2.73. The lowest BCUT2D eigenvalue weighted by Crippen LogP contribution is -2.05. The minimum atomic E-state index is 0.560. The highest BCUT2D eigenvalue weighted by molar-refractivity contribution is 5.26. The quantitative estimate of drug-likeness (QED) is 0.803. The van der Waals surface area contributed by atoms with Crippen LogP contribution in [0.15, 0.2) is 36.5 Å². The Kier molecular flexibility index (Phi) is 3.65. The molecule has 0 saturated heterocycles. The lowest BCUT2D eigenvalue weighted by Gasteiger charge is -2.06. The highest BCUT2D eigenvalue weighted by Crippen LogP contribution is 2.11. The zero-order valence-electron chi connectivity index (χ0n) is 9.97. The fraction of sp³-hybridized carbons (Fsp3) is 0.308. The van der Waals surface area contributed by atoms with Crippen LogP contribution in [0.4, 0.5) is 5.82 Å². The number of rotatable bonds is 5. The first-order valence-electron chi connectivity index (χ1n) is 5.72. The third-order valence-electron chi connectivity index (χ3n) is 2.48. The molecule has 0 unspecified atom stereocenters. The predicted molar refractivity (Wildman–Crippen MR) is 67.9 cm³/mol. The molecule has 0 fully saturated rings. The van der Waals surface area contributed by atoms with E-state index in [4.69, 9.17) is 10.5 Å². The molecule has 0 bridgehead atoms. The first kappa shape index (κ1) is 11.5. The smallest absolute Gasteiger partial charge is 0.145 e. The summed E-state index contributed by atoms with van der Waals surface area (Å²) in [6, 6.07) is 9.86. The molecule has 1 heterocycles. The summed E-state index contributed by atoms with van der Waals surface area (Å²) in [7, 11) is 0. The Morgan fingerprint density at radius 3 is 2.65 bits per heavy atom. The Labute approximate surface area is 101 Å². The highest BCUT2D eigenvalue weighted by atomic mass is 16.5. The average molecular weight is 231 g/mol. The van der Waals surface area contributed by atoms with E-state index in [1.54, 1.807) is 6.07 Å². The van der Waals surface area contributed by atoms with Gasteiger partial charge in [0.1, 0.15) is 11.6 Å². The summed E-state index contributed by atoms with van der Waals surface area (Å²) in [5.41, 5.74) is 6.77. The number of aryl methyl sites for hydroxylation is 2. The largest absolute Gasteiger partial charge is 0.494 e. The van der Waals surface area contributed by atoms with Gasteiger partial charge in [0.05, 0.1) is 6.61 Å². The Balaban J connectivity index is 1.71. The zero-order valence-corrected chi connectivity index (χ0v) is 9.97. The molecule has 0 radical (unpaired) electrons. The maximum Gasteiger partial charge on any atom is 0.145 e. The van der Waals surface area contributed by atoms with Crippen molar-refractivity contribution in [2.24, 2.45) is 0 Å². The SMILES string of the molecule is Cc1ccc(OCCCn2ccc(N)n2)cc1. The van der Waals surface area contributed by atoms with E-state index in [0.29, 0.717) is 12.4 Å². The second-order valence-electron chi connectivity index (χ2n) is 4.02. The van der Waals surface area contributed by atoms with E-state index in [-0.39, 0.29) is 0 Å². The van der Waals surface area contributed by atoms with Gasteiger partial charge in [0.2, 0.25) is 0 Å². The summed E-state index contributed by atoms with van der Waals surface area (Å²) >= 11 is 0. The fourth-order valence-electron chi connectivity index (χ4n) is 1.55. The summed E-state index contributed by atoms with van der Waals surface area (Å²) in [5.74, 6) is 1.47. The molecule has 2 aromatic rings. The predicted octanol–water partition coefficient (Wildman–Crippen LogP) is 2.24. The summed E-state index contributed by atoms with van der Waals surface area (Å²) in [4.78, 5) is 0. The number of aromatic nitrogens is 2. The standard InChI is InChI=1S/C13H17N3O/c1-11-3-5-12(6-4-11)17-10-2-8-16-9-7-13(14)15-16/h3-7,9H,2,8,10H2,1H3,(H2,14,15). The second kappa shape index (κ2) is 5.39. The van der Waals surface area contributed by atoms with Crippen molar-refractivity contribution in [1.82, 2.24) is 9.78 Å². The molecule has 2 rings (SSSR count). The molecule has 2 N–H and O–H groups in total. The monoisotopic (exact) mass is 231 g/mol. The van der Waals surface area contributed by atoms with E-state index in [9.17, 15) is 0 Å². The summed E-state index contributed by atoms with van der Waals surface area (Å²) in [6.45, 7) is 3.57. The maximum absolute atomic E-state index is 5.62. The van der Waals surface area contributed by atoms with Crippen LogP contribution in [0.3, 0.4) is 0 Å². The molecule has 4 nitrogen and oxygen atoms in total. The van der Waals surface area contributed by atoms with Gasteiger partial charge >= 0.3 is 0 Å². The van der Waals surface area contributed by atoms with Gasteiger partial charge in [-0.15, -0.1) is 0 Å². The van der Waals surface area contributed by atoms with Crippen LogP contribution in [0.5, 0.6) is 5.75 Å². The van der Waals surface area contributed by atoms with Crippen molar-refractivity contribution in [1.29, 1.82) is 0 Å². The van der Waals surface area contributed by atoms with Crippen molar-refractivity contribution in [3.8, 4) is 5.75 Å². The van der Waals surface area contributed by atoms with Crippen molar-refractivity contribution in [2.75, 3.05) is 12.3 Å². The summed E-state index contributed by atoms with van der Waals surface area (Å²) in [5, 5.41) is 4.11. The van der Waals surface area contributed by atoms with Crippen molar-refractivity contribution >= 4 is 5.82 Å². The summed E-state index contributed by atoms with van der Waals surface area (Å²) in [6.07, 6.45) is 2.79. The Morgan fingerprint density at radius 1 is 1.24 bits per heavy atom. The topological polar surface area (TPSA) is 53.1 Å². The van der Waals surface area contributed by atoms with Crippen LogP contribution >= 0.6 is 0 Å². The molecular weight excluding hydrogens is 214 g/mol. The van der Waals surface area contributed by atoms with Crippen molar-refractivity contribution in [2.45, 2.75) is 19.9 Å². The van der Waals surface area contributed by atoms with E-state index in [1.165, 1.54) is 5.56 Å². The first-order valence-corrected chi connectivity index (χ1v) is 5.72. The molecule has 0 atom stereocenters. The van der Waals surface area contributed by atoms with Crippen LogP contribution in [-0.2, 0) is 6.54 Å².